The zero-order chi connectivity index (χ0) is 13.8. The number of Topliss-reactive ketones (excluding diaryl/α,β-unsaturated/α-hetero) is 1. The molecule has 1 N–H and O–H groups in total. The molecule has 1 aliphatic rings. The molecule has 0 radical (unpaired) electrons. The number of hydrogen-bond acceptors (Lipinski definition) is 3. The molecule has 1 aliphatic heterocycles. The van der Waals surface area contributed by atoms with Gasteiger partial charge < -0.3 is 10.1 Å². The molecule has 1 saturated heterocycles. The van der Waals surface area contributed by atoms with E-state index < -0.39 is 0 Å². The molecule has 2 rings (SSSR count). The summed E-state index contributed by atoms with van der Waals surface area (Å²) in [6.45, 7) is 5.03. The summed E-state index contributed by atoms with van der Waals surface area (Å²) >= 11 is 0. The molecule has 1 aromatic rings. The molecule has 19 heavy (non-hydrogen) atoms. The molecule has 0 amide bonds. The molecule has 1 heterocycles. The highest BCUT2D eigenvalue weighted by Crippen LogP contribution is 2.26. The van der Waals surface area contributed by atoms with E-state index in [9.17, 15) is 4.79 Å². The van der Waals surface area contributed by atoms with Gasteiger partial charge in [-0.2, -0.15) is 0 Å². The van der Waals surface area contributed by atoms with Crippen molar-refractivity contribution in [1.82, 2.24) is 5.32 Å². The van der Waals surface area contributed by atoms with Gasteiger partial charge in [-0.3, -0.25) is 4.79 Å². The van der Waals surface area contributed by atoms with Crippen LogP contribution in [0.2, 0.25) is 0 Å². The van der Waals surface area contributed by atoms with E-state index in [2.05, 4.69) is 5.32 Å². The van der Waals surface area contributed by atoms with Gasteiger partial charge >= 0.3 is 0 Å². The second-order valence-corrected chi connectivity index (χ2v) is 5.43. The maximum absolute atomic E-state index is 12.5. The molecule has 104 valence electrons. The van der Waals surface area contributed by atoms with Gasteiger partial charge in [-0.15, -0.1) is 0 Å². The van der Waals surface area contributed by atoms with Crippen molar-refractivity contribution in [3.8, 4) is 5.75 Å². The first-order chi connectivity index (χ1) is 9.11. The van der Waals surface area contributed by atoms with Crippen LogP contribution < -0.4 is 10.1 Å². The molecule has 3 nitrogen and oxygen atoms in total. The number of ketones is 1. The number of ether oxygens (including phenoxy) is 1. The van der Waals surface area contributed by atoms with Gasteiger partial charge in [-0.25, -0.2) is 0 Å². The van der Waals surface area contributed by atoms with Gasteiger partial charge in [0.1, 0.15) is 5.75 Å². The minimum absolute atomic E-state index is 0.189. The third kappa shape index (κ3) is 3.35. The molecule has 0 aromatic heterocycles. The molecule has 0 saturated carbocycles. The van der Waals surface area contributed by atoms with E-state index in [0.29, 0.717) is 18.2 Å². The van der Waals surface area contributed by atoms with Crippen LogP contribution in [-0.4, -0.2) is 25.5 Å². The van der Waals surface area contributed by atoms with Crippen LogP contribution in [0.4, 0.5) is 0 Å². The first-order valence-electron chi connectivity index (χ1n) is 7.03. The minimum Gasteiger partial charge on any atom is -0.496 e. The van der Waals surface area contributed by atoms with E-state index in [0.717, 1.165) is 29.7 Å². The summed E-state index contributed by atoms with van der Waals surface area (Å²) in [5.74, 6) is 0.895. The normalized spacial score (nSPS) is 19.2. The molecule has 0 bridgehead atoms. The lowest BCUT2D eigenvalue weighted by atomic mass is 9.93. The van der Waals surface area contributed by atoms with Crippen LogP contribution in [0.1, 0.15) is 47.2 Å². The van der Waals surface area contributed by atoms with Crippen molar-refractivity contribution in [1.29, 1.82) is 0 Å². The molecule has 1 fully saturated rings. The number of carbonyl (C=O) groups is 1. The summed E-state index contributed by atoms with van der Waals surface area (Å²) in [5.41, 5.74) is 2.89. The average molecular weight is 261 g/mol. The minimum atomic E-state index is 0.189. The Morgan fingerprint density at radius 3 is 2.79 bits per heavy atom. The molecule has 0 aliphatic carbocycles. The number of rotatable bonds is 4. The van der Waals surface area contributed by atoms with E-state index >= 15 is 0 Å². The van der Waals surface area contributed by atoms with Crippen molar-refractivity contribution in [2.45, 2.75) is 45.6 Å². The smallest absolute Gasteiger partial charge is 0.168 e. The van der Waals surface area contributed by atoms with Crippen molar-refractivity contribution in [3.63, 3.8) is 0 Å². The fraction of sp³-hybridized carbons (Fsp3) is 0.562. The summed E-state index contributed by atoms with van der Waals surface area (Å²) in [5, 5.41) is 3.43. The highest BCUT2D eigenvalue weighted by atomic mass is 16.5. The fourth-order valence-corrected chi connectivity index (χ4v) is 2.87. The van der Waals surface area contributed by atoms with Crippen LogP contribution in [-0.2, 0) is 0 Å². The number of hydrogen-bond donors (Lipinski definition) is 1. The monoisotopic (exact) mass is 261 g/mol. The van der Waals surface area contributed by atoms with Crippen LogP contribution in [0.15, 0.2) is 12.1 Å². The standard InChI is InChI=1S/C16H23NO2/c1-11-8-12(2)16(15(9-11)19-3)14(18)10-13-6-4-5-7-17-13/h8-9,13,17H,4-7,10H2,1-3H3. The summed E-state index contributed by atoms with van der Waals surface area (Å²) < 4.78 is 5.38. The Labute approximate surface area is 115 Å². The third-order valence-corrected chi connectivity index (χ3v) is 3.79. The number of nitrogens with one attached hydrogen (secondary N) is 1. The highest BCUT2D eigenvalue weighted by molar-refractivity contribution is 6.00. The molecule has 1 atom stereocenters. The summed E-state index contributed by atoms with van der Waals surface area (Å²) in [6.07, 6.45) is 4.10. The Morgan fingerprint density at radius 2 is 2.16 bits per heavy atom. The topological polar surface area (TPSA) is 38.3 Å². The Bertz CT molecular complexity index is 462. The molecular weight excluding hydrogens is 238 g/mol. The van der Waals surface area contributed by atoms with Gasteiger partial charge in [0.2, 0.25) is 0 Å². The van der Waals surface area contributed by atoms with Gasteiger partial charge in [0, 0.05) is 12.5 Å². The zero-order valence-corrected chi connectivity index (χ0v) is 12.1. The predicted octanol–water partition coefficient (Wildman–Crippen LogP) is 3.03. The van der Waals surface area contributed by atoms with E-state index in [1.807, 2.05) is 26.0 Å². The zero-order valence-electron chi connectivity index (χ0n) is 12.1. The van der Waals surface area contributed by atoms with Gasteiger partial charge in [-0.05, 0) is 50.4 Å². The summed E-state index contributed by atoms with van der Waals surface area (Å²) in [7, 11) is 1.63. The third-order valence-electron chi connectivity index (χ3n) is 3.79. The van der Waals surface area contributed by atoms with Gasteiger partial charge in [0.05, 0.1) is 12.7 Å². The second-order valence-electron chi connectivity index (χ2n) is 5.43. The van der Waals surface area contributed by atoms with Crippen LogP contribution >= 0.6 is 0 Å². The Morgan fingerprint density at radius 1 is 1.37 bits per heavy atom. The number of carbonyl (C=O) groups excluding carboxylic acids is 1. The van der Waals surface area contributed by atoms with Crippen molar-refractivity contribution in [2.24, 2.45) is 0 Å². The second kappa shape index (κ2) is 6.20. The van der Waals surface area contributed by atoms with E-state index in [4.69, 9.17) is 4.74 Å². The maximum Gasteiger partial charge on any atom is 0.168 e. The van der Waals surface area contributed by atoms with Gasteiger partial charge in [-0.1, -0.05) is 12.5 Å². The lowest BCUT2D eigenvalue weighted by molar-refractivity contribution is 0.0960. The highest BCUT2D eigenvalue weighted by Gasteiger charge is 2.21. The first-order valence-corrected chi connectivity index (χ1v) is 7.03. The van der Waals surface area contributed by atoms with E-state index in [-0.39, 0.29) is 5.78 Å². The summed E-state index contributed by atoms with van der Waals surface area (Å²) in [4.78, 5) is 12.5. The number of piperidine rings is 1. The molecule has 1 aromatic carbocycles. The molecular formula is C16H23NO2. The van der Waals surface area contributed by atoms with Crippen LogP contribution in [0.3, 0.4) is 0 Å². The van der Waals surface area contributed by atoms with Crippen molar-refractivity contribution in [3.05, 3.63) is 28.8 Å². The predicted molar refractivity (Wildman–Crippen MR) is 77.1 cm³/mol. The maximum atomic E-state index is 12.5. The fourth-order valence-electron chi connectivity index (χ4n) is 2.87. The molecule has 0 spiro atoms. The van der Waals surface area contributed by atoms with E-state index in [1.54, 1.807) is 7.11 Å². The number of aryl methyl sites for hydroxylation is 2. The van der Waals surface area contributed by atoms with Crippen molar-refractivity contribution in [2.75, 3.05) is 13.7 Å². The average Bonchev–Trinajstić information content (AvgIpc) is 2.38. The number of benzene rings is 1. The Balaban J connectivity index is 2.18. The lowest BCUT2D eigenvalue weighted by Gasteiger charge is -2.23. The van der Waals surface area contributed by atoms with Crippen LogP contribution in [0, 0.1) is 13.8 Å². The Hall–Kier alpha value is -1.35. The summed E-state index contributed by atoms with van der Waals surface area (Å²) in [6, 6.07) is 4.31. The molecule has 1 unspecified atom stereocenters. The van der Waals surface area contributed by atoms with Gasteiger partial charge in [0.25, 0.3) is 0 Å². The van der Waals surface area contributed by atoms with E-state index in [1.165, 1.54) is 12.8 Å². The lowest BCUT2D eigenvalue weighted by Crippen LogP contribution is -2.35. The SMILES string of the molecule is COc1cc(C)cc(C)c1C(=O)CC1CCCCN1. The van der Waals surface area contributed by atoms with Crippen LogP contribution in [0.25, 0.3) is 0 Å². The quantitative estimate of drug-likeness (QED) is 0.847. The van der Waals surface area contributed by atoms with Crippen molar-refractivity contribution < 1.29 is 9.53 Å². The van der Waals surface area contributed by atoms with Crippen LogP contribution in [0.5, 0.6) is 5.75 Å². The first kappa shape index (κ1) is 14.1. The number of methoxy groups -OCH3 is 1. The largest absolute Gasteiger partial charge is 0.496 e. The van der Waals surface area contributed by atoms with Gasteiger partial charge in [0.15, 0.2) is 5.78 Å². The Kier molecular flexibility index (Phi) is 4.59. The molecule has 3 heteroatoms. The van der Waals surface area contributed by atoms with Crippen molar-refractivity contribution >= 4 is 5.78 Å².